The van der Waals surface area contributed by atoms with Crippen molar-refractivity contribution in [3.8, 4) is 0 Å². The van der Waals surface area contributed by atoms with Crippen LogP contribution in [-0.4, -0.2) is 11.6 Å². The minimum absolute atomic E-state index is 0.00704. The summed E-state index contributed by atoms with van der Waals surface area (Å²) < 4.78 is 0. The largest absolute Gasteiger partial charge is 0.299 e. The lowest BCUT2D eigenvalue weighted by molar-refractivity contribution is -0.121. The van der Waals surface area contributed by atoms with Gasteiger partial charge in [0.15, 0.2) is 5.78 Å². The third-order valence-corrected chi connectivity index (χ3v) is 4.44. The smallest absolute Gasteiger partial charge is 0.173 e. The first kappa shape index (κ1) is 14.7. The van der Waals surface area contributed by atoms with Gasteiger partial charge < -0.3 is 0 Å². The van der Waals surface area contributed by atoms with Crippen LogP contribution in [-0.2, 0) is 17.6 Å². The Labute approximate surface area is 131 Å². The standard InChI is InChI=1S/C20H20O2/c1-13-3-6-15(7-4-13)8-10-19(21)18-12-16-9-5-14(2)11-17(16)20(18)22/h3-7,9,11,18H,8,10,12H2,1-2H3. The van der Waals surface area contributed by atoms with Crippen LogP contribution < -0.4 is 0 Å². The zero-order valence-electron chi connectivity index (χ0n) is 13.1. The summed E-state index contributed by atoms with van der Waals surface area (Å²) >= 11 is 0. The molecule has 0 aliphatic heterocycles. The Hall–Kier alpha value is -2.22. The Balaban J connectivity index is 1.67. The van der Waals surface area contributed by atoms with Gasteiger partial charge in [0.2, 0.25) is 0 Å². The number of aryl methyl sites for hydroxylation is 3. The molecule has 0 aromatic heterocycles. The van der Waals surface area contributed by atoms with E-state index in [0.29, 0.717) is 19.3 Å². The molecule has 0 spiro atoms. The van der Waals surface area contributed by atoms with Crippen molar-refractivity contribution in [3.05, 3.63) is 70.3 Å². The highest BCUT2D eigenvalue weighted by Gasteiger charge is 2.34. The topological polar surface area (TPSA) is 34.1 Å². The summed E-state index contributed by atoms with van der Waals surface area (Å²) in [7, 11) is 0. The maximum Gasteiger partial charge on any atom is 0.173 e. The molecule has 0 fully saturated rings. The van der Waals surface area contributed by atoms with E-state index in [9.17, 15) is 9.59 Å². The van der Waals surface area contributed by atoms with Gasteiger partial charge >= 0.3 is 0 Å². The van der Waals surface area contributed by atoms with Crippen LogP contribution in [0, 0.1) is 19.8 Å². The quantitative estimate of drug-likeness (QED) is 0.802. The molecule has 0 saturated heterocycles. The van der Waals surface area contributed by atoms with Crippen molar-refractivity contribution in [1.29, 1.82) is 0 Å². The summed E-state index contributed by atoms with van der Waals surface area (Å²) in [5, 5.41) is 0. The van der Waals surface area contributed by atoms with Crippen LogP contribution in [0.15, 0.2) is 42.5 Å². The van der Waals surface area contributed by atoms with E-state index in [1.807, 2.05) is 32.0 Å². The Bertz CT molecular complexity index is 726. The van der Waals surface area contributed by atoms with Crippen LogP contribution in [0.5, 0.6) is 0 Å². The number of hydrogen-bond donors (Lipinski definition) is 0. The SMILES string of the molecule is Cc1ccc(CCC(=O)C2Cc3ccc(C)cc3C2=O)cc1. The minimum Gasteiger partial charge on any atom is -0.299 e. The number of Topliss-reactive ketones (excluding diaryl/α,β-unsaturated/α-hetero) is 2. The number of ketones is 2. The van der Waals surface area contributed by atoms with Gasteiger partial charge in [0.25, 0.3) is 0 Å². The average Bonchev–Trinajstić information content (AvgIpc) is 2.83. The molecule has 2 heteroatoms. The molecule has 0 saturated carbocycles. The molecule has 0 amide bonds. The minimum atomic E-state index is -0.470. The number of benzene rings is 2. The zero-order valence-corrected chi connectivity index (χ0v) is 13.1. The van der Waals surface area contributed by atoms with Crippen LogP contribution in [0.1, 0.15) is 39.0 Å². The number of carbonyl (C=O) groups is 2. The van der Waals surface area contributed by atoms with Crippen LogP contribution in [0.25, 0.3) is 0 Å². The zero-order chi connectivity index (χ0) is 15.7. The molecule has 0 heterocycles. The molecule has 0 radical (unpaired) electrons. The van der Waals surface area contributed by atoms with Crippen molar-refractivity contribution in [2.45, 2.75) is 33.1 Å². The van der Waals surface area contributed by atoms with Gasteiger partial charge in [-0.25, -0.2) is 0 Å². The van der Waals surface area contributed by atoms with Crippen molar-refractivity contribution >= 4 is 11.6 Å². The lowest BCUT2D eigenvalue weighted by Crippen LogP contribution is -2.21. The summed E-state index contributed by atoms with van der Waals surface area (Å²) in [5.41, 5.74) is 5.20. The molecule has 2 aromatic carbocycles. The van der Waals surface area contributed by atoms with Crippen molar-refractivity contribution in [2.75, 3.05) is 0 Å². The van der Waals surface area contributed by atoms with Crippen LogP contribution in [0.4, 0.5) is 0 Å². The van der Waals surface area contributed by atoms with Gasteiger partial charge in [-0.05, 0) is 43.9 Å². The summed E-state index contributed by atoms with van der Waals surface area (Å²) in [4.78, 5) is 24.9. The van der Waals surface area contributed by atoms with E-state index < -0.39 is 5.92 Å². The van der Waals surface area contributed by atoms with Gasteiger partial charge in [-0.1, -0.05) is 47.5 Å². The second-order valence-electron chi connectivity index (χ2n) is 6.23. The molecule has 1 unspecified atom stereocenters. The number of rotatable bonds is 4. The van der Waals surface area contributed by atoms with E-state index in [-0.39, 0.29) is 11.6 Å². The first-order valence-electron chi connectivity index (χ1n) is 7.76. The number of hydrogen-bond acceptors (Lipinski definition) is 2. The normalized spacial score (nSPS) is 16.6. The molecule has 112 valence electrons. The van der Waals surface area contributed by atoms with Crippen molar-refractivity contribution < 1.29 is 9.59 Å². The Morgan fingerprint density at radius 3 is 2.45 bits per heavy atom. The van der Waals surface area contributed by atoms with E-state index in [2.05, 4.69) is 24.3 Å². The third-order valence-electron chi connectivity index (χ3n) is 4.44. The van der Waals surface area contributed by atoms with Gasteiger partial charge in [-0.3, -0.25) is 9.59 Å². The fourth-order valence-corrected chi connectivity index (χ4v) is 3.05. The molecular formula is C20H20O2. The fourth-order valence-electron chi connectivity index (χ4n) is 3.05. The Kier molecular flexibility index (Phi) is 3.93. The Morgan fingerprint density at radius 2 is 1.73 bits per heavy atom. The summed E-state index contributed by atoms with van der Waals surface area (Å²) in [6, 6.07) is 14.1. The molecule has 0 N–H and O–H groups in total. The average molecular weight is 292 g/mol. The van der Waals surface area contributed by atoms with Gasteiger partial charge in [0, 0.05) is 12.0 Å². The van der Waals surface area contributed by atoms with Gasteiger partial charge in [0.05, 0.1) is 5.92 Å². The fraction of sp³-hybridized carbons (Fsp3) is 0.300. The number of carbonyl (C=O) groups excluding carboxylic acids is 2. The predicted molar refractivity (Wildman–Crippen MR) is 87.2 cm³/mol. The van der Waals surface area contributed by atoms with Gasteiger partial charge in [-0.2, -0.15) is 0 Å². The van der Waals surface area contributed by atoms with E-state index in [4.69, 9.17) is 0 Å². The highest BCUT2D eigenvalue weighted by molar-refractivity contribution is 6.14. The van der Waals surface area contributed by atoms with E-state index in [0.717, 1.165) is 22.3 Å². The lowest BCUT2D eigenvalue weighted by atomic mass is 9.94. The van der Waals surface area contributed by atoms with Crippen LogP contribution in [0.2, 0.25) is 0 Å². The molecule has 1 atom stereocenters. The van der Waals surface area contributed by atoms with Gasteiger partial charge in [-0.15, -0.1) is 0 Å². The molecule has 22 heavy (non-hydrogen) atoms. The van der Waals surface area contributed by atoms with E-state index in [1.165, 1.54) is 5.56 Å². The highest BCUT2D eigenvalue weighted by Crippen LogP contribution is 2.29. The molecule has 2 aromatic rings. The second-order valence-corrected chi connectivity index (χ2v) is 6.23. The molecular weight excluding hydrogens is 272 g/mol. The predicted octanol–water partition coefficient (Wildman–Crippen LogP) is 3.86. The van der Waals surface area contributed by atoms with Gasteiger partial charge in [0.1, 0.15) is 5.78 Å². The molecule has 0 bridgehead atoms. The van der Waals surface area contributed by atoms with E-state index in [1.54, 1.807) is 0 Å². The lowest BCUT2D eigenvalue weighted by Gasteiger charge is -2.07. The van der Waals surface area contributed by atoms with Crippen LogP contribution >= 0.6 is 0 Å². The van der Waals surface area contributed by atoms with Crippen LogP contribution in [0.3, 0.4) is 0 Å². The number of fused-ring (bicyclic) bond motifs is 1. The van der Waals surface area contributed by atoms with Crippen molar-refractivity contribution in [2.24, 2.45) is 5.92 Å². The molecule has 3 rings (SSSR count). The Morgan fingerprint density at radius 1 is 1.05 bits per heavy atom. The maximum atomic E-state index is 12.4. The highest BCUT2D eigenvalue weighted by atomic mass is 16.2. The third kappa shape index (κ3) is 2.87. The molecule has 1 aliphatic carbocycles. The first-order chi connectivity index (χ1) is 10.5. The molecule has 2 nitrogen and oxygen atoms in total. The first-order valence-corrected chi connectivity index (χ1v) is 7.76. The van der Waals surface area contributed by atoms with E-state index >= 15 is 0 Å². The second kappa shape index (κ2) is 5.88. The van der Waals surface area contributed by atoms with Crippen molar-refractivity contribution in [3.63, 3.8) is 0 Å². The summed E-state index contributed by atoms with van der Waals surface area (Å²) in [5.74, 6) is -0.394. The summed E-state index contributed by atoms with van der Waals surface area (Å²) in [6.07, 6.45) is 1.71. The summed E-state index contributed by atoms with van der Waals surface area (Å²) in [6.45, 7) is 4.02. The maximum absolute atomic E-state index is 12.4. The monoisotopic (exact) mass is 292 g/mol. The molecule has 1 aliphatic rings. The van der Waals surface area contributed by atoms with Crippen molar-refractivity contribution in [1.82, 2.24) is 0 Å².